The lowest BCUT2D eigenvalue weighted by Gasteiger charge is -2.31. The maximum Gasteiger partial charge on any atom is 0.253 e. The molecule has 0 bridgehead atoms. The number of nitrogens with zero attached hydrogens (tertiary/aromatic N) is 1. The average molecular weight is 347 g/mol. The van der Waals surface area contributed by atoms with Crippen molar-refractivity contribution in [2.24, 2.45) is 5.14 Å². The summed E-state index contributed by atoms with van der Waals surface area (Å²) in [5.74, 6) is -0.152. The van der Waals surface area contributed by atoms with Gasteiger partial charge in [-0.05, 0) is 37.1 Å². The molecule has 7 heteroatoms. The molecule has 2 N–H and O–H groups in total. The summed E-state index contributed by atoms with van der Waals surface area (Å²) in [5, 5.41) is 4.51. The van der Waals surface area contributed by atoms with Crippen LogP contribution in [0.15, 0.2) is 28.7 Å². The van der Waals surface area contributed by atoms with Gasteiger partial charge >= 0.3 is 0 Å². The number of primary sulfonamides is 1. The first-order chi connectivity index (χ1) is 8.88. The summed E-state index contributed by atoms with van der Waals surface area (Å²) in [6.45, 7) is 0.745. The van der Waals surface area contributed by atoms with Crippen molar-refractivity contribution in [3.63, 3.8) is 0 Å². The molecule has 1 unspecified atom stereocenters. The first-order valence-electron chi connectivity index (χ1n) is 5.94. The number of hydrogen-bond donors (Lipinski definition) is 1. The lowest BCUT2D eigenvalue weighted by atomic mass is 10.1. The smallest absolute Gasteiger partial charge is 0.253 e. The third-order valence-corrected chi connectivity index (χ3v) is 5.06. The van der Waals surface area contributed by atoms with Crippen molar-refractivity contribution in [1.29, 1.82) is 0 Å². The standard InChI is InChI=1S/C12H15BrN2O3S/c13-10-5-3-9(4-6-10)12(16)15-7-1-2-11(8-15)19(14,17)18/h3-6,11H,1-2,7-8H2,(H2,14,17,18). The summed E-state index contributed by atoms with van der Waals surface area (Å²) in [6.07, 6.45) is 1.17. The Bertz CT molecular complexity index is 571. The van der Waals surface area contributed by atoms with Crippen molar-refractivity contribution in [3.8, 4) is 0 Å². The Morgan fingerprint density at radius 2 is 1.95 bits per heavy atom. The van der Waals surface area contributed by atoms with Crippen LogP contribution < -0.4 is 5.14 Å². The van der Waals surface area contributed by atoms with E-state index in [2.05, 4.69) is 15.9 Å². The minimum Gasteiger partial charge on any atom is -0.337 e. The fraction of sp³-hybridized carbons (Fsp3) is 0.417. The molecule has 0 aromatic heterocycles. The molecule has 1 aliphatic heterocycles. The molecule has 19 heavy (non-hydrogen) atoms. The van der Waals surface area contributed by atoms with Gasteiger partial charge in [0, 0.05) is 23.1 Å². The number of carbonyl (C=O) groups is 1. The van der Waals surface area contributed by atoms with Gasteiger partial charge in [-0.3, -0.25) is 4.79 Å². The Morgan fingerprint density at radius 3 is 2.53 bits per heavy atom. The number of rotatable bonds is 2. The van der Waals surface area contributed by atoms with Crippen LogP contribution in [0, 0.1) is 0 Å². The summed E-state index contributed by atoms with van der Waals surface area (Å²) in [5.41, 5.74) is 0.554. The predicted octanol–water partition coefficient (Wildman–Crippen LogP) is 1.34. The zero-order valence-electron chi connectivity index (χ0n) is 10.3. The molecule has 1 atom stereocenters. The molecule has 1 heterocycles. The van der Waals surface area contributed by atoms with Gasteiger partial charge in [-0.1, -0.05) is 15.9 Å². The second-order valence-corrected chi connectivity index (χ2v) is 7.37. The van der Waals surface area contributed by atoms with Gasteiger partial charge in [0.15, 0.2) is 0 Å². The van der Waals surface area contributed by atoms with E-state index < -0.39 is 15.3 Å². The van der Waals surface area contributed by atoms with E-state index in [4.69, 9.17) is 5.14 Å². The molecular weight excluding hydrogens is 332 g/mol. The van der Waals surface area contributed by atoms with Crippen molar-refractivity contribution in [1.82, 2.24) is 4.90 Å². The van der Waals surface area contributed by atoms with Crippen molar-refractivity contribution >= 4 is 31.9 Å². The van der Waals surface area contributed by atoms with Gasteiger partial charge in [0.25, 0.3) is 5.91 Å². The first-order valence-corrected chi connectivity index (χ1v) is 8.34. The van der Waals surface area contributed by atoms with Gasteiger partial charge in [0.2, 0.25) is 10.0 Å². The van der Waals surface area contributed by atoms with Crippen LogP contribution in [-0.2, 0) is 10.0 Å². The van der Waals surface area contributed by atoms with Gasteiger partial charge in [-0.2, -0.15) is 0 Å². The van der Waals surface area contributed by atoms with E-state index in [9.17, 15) is 13.2 Å². The van der Waals surface area contributed by atoms with E-state index in [1.807, 2.05) is 0 Å². The molecule has 1 amide bonds. The third kappa shape index (κ3) is 3.55. The summed E-state index contributed by atoms with van der Waals surface area (Å²) < 4.78 is 23.6. The number of hydrogen-bond acceptors (Lipinski definition) is 3. The third-order valence-electron chi connectivity index (χ3n) is 3.22. The lowest BCUT2D eigenvalue weighted by molar-refractivity contribution is 0.0727. The van der Waals surface area contributed by atoms with Crippen molar-refractivity contribution in [2.45, 2.75) is 18.1 Å². The quantitative estimate of drug-likeness (QED) is 0.877. The molecule has 0 aliphatic carbocycles. The minimum absolute atomic E-state index is 0.152. The van der Waals surface area contributed by atoms with Gasteiger partial charge in [0.1, 0.15) is 0 Å². The van der Waals surface area contributed by atoms with Crippen LogP contribution in [0.25, 0.3) is 0 Å². The van der Waals surface area contributed by atoms with Crippen LogP contribution in [0.5, 0.6) is 0 Å². The van der Waals surface area contributed by atoms with Crippen LogP contribution in [0.3, 0.4) is 0 Å². The Hall–Kier alpha value is -0.920. The number of carbonyl (C=O) groups excluding carboxylic acids is 1. The van der Waals surface area contributed by atoms with Crippen LogP contribution in [0.2, 0.25) is 0 Å². The molecule has 2 rings (SSSR count). The molecule has 104 valence electrons. The topological polar surface area (TPSA) is 80.5 Å². The Labute approximate surface area is 121 Å². The minimum atomic E-state index is -3.58. The van der Waals surface area contributed by atoms with Crippen molar-refractivity contribution < 1.29 is 13.2 Å². The van der Waals surface area contributed by atoms with Gasteiger partial charge in [0.05, 0.1) is 5.25 Å². The maximum atomic E-state index is 12.3. The Balaban J connectivity index is 2.13. The van der Waals surface area contributed by atoms with Crippen molar-refractivity contribution in [2.75, 3.05) is 13.1 Å². The van der Waals surface area contributed by atoms with Crippen LogP contribution in [0.1, 0.15) is 23.2 Å². The number of halogens is 1. The summed E-state index contributed by atoms with van der Waals surface area (Å²) in [6, 6.07) is 7.00. The Kier molecular flexibility index (Phi) is 4.27. The lowest BCUT2D eigenvalue weighted by Crippen LogP contribution is -2.47. The molecule has 0 spiro atoms. The number of nitrogens with two attached hydrogens (primary N) is 1. The molecule has 1 saturated heterocycles. The van der Waals surface area contributed by atoms with E-state index in [0.717, 1.165) is 4.47 Å². The zero-order chi connectivity index (χ0) is 14.0. The summed E-state index contributed by atoms with van der Waals surface area (Å²) >= 11 is 3.31. The van der Waals surface area contributed by atoms with Crippen LogP contribution in [-0.4, -0.2) is 37.6 Å². The zero-order valence-corrected chi connectivity index (χ0v) is 12.7. The second kappa shape index (κ2) is 5.60. The van der Waals surface area contributed by atoms with Gasteiger partial charge in [-0.15, -0.1) is 0 Å². The largest absolute Gasteiger partial charge is 0.337 e. The highest BCUT2D eigenvalue weighted by atomic mass is 79.9. The van der Waals surface area contributed by atoms with Crippen LogP contribution >= 0.6 is 15.9 Å². The van der Waals surface area contributed by atoms with Crippen molar-refractivity contribution in [3.05, 3.63) is 34.3 Å². The highest BCUT2D eigenvalue weighted by molar-refractivity contribution is 9.10. The van der Waals surface area contributed by atoms with E-state index >= 15 is 0 Å². The van der Waals surface area contributed by atoms with E-state index in [1.54, 1.807) is 29.2 Å². The monoisotopic (exact) mass is 346 g/mol. The van der Waals surface area contributed by atoms with E-state index in [1.165, 1.54) is 0 Å². The first kappa shape index (κ1) is 14.5. The molecule has 1 aromatic rings. The van der Waals surface area contributed by atoms with Gasteiger partial charge < -0.3 is 4.90 Å². The maximum absolute atomic E-state index is 12.3. The highest BCUT2D eigenvalue weighted by Crippen LogP contribution is 2.18. The van der Waals surface area contributed by atoms with E-state index in [-0.39, 0.29) is 12.5 Å². The Morgan fingerprint density at radius 1 is 1.32 bits per heavy atom. The number of likely N-dealkylation sites (tertiary alicyclic amines) is 1. The number of sulfonamides is 1. The number of amides is 1. The van der Waals surface area contributed by atoms with Crippen LogP contribution in [0.4, 0.5) is 0 Å². The molecule has 1 aliphatic rings. The fourth-order valence-corrected chi connectivity index (χ4v) is 3.31. The summed E-state index contributed by atoms with van der Waals surface area (Å²) in [7, 11) is -3.58. The van der Waals surface area contributed by atoms with E-state index in [0.29, 0.717) is 24.9 Å². The summed E-state index contributed by atoms with van der Waals surface area (Å²) in [4.78, 5) is 13.8. The molecule has 5 nitrogen and oxygen atoms in total. The molecule has 1 fully saturated rings. The highest BCUT2D eigenvalue weighted by Gasteiger charge is 2.30. The molecular formula is C12H15BrN2O3S. The SMILES string of the molecule is NS(=O)(=O)C1CCCN(C(=O)c2ccc(Br)cc2)C1. The number of piperidine rings is 1. The molecule has 0 radical (unpaired) electrons. The van der Waals surface area contributed by atoms with Gasteiger partial charge in [-0.25, -0.2) is 13.6 Å². The second-order valence-electron chi connectivity index (χ2n) is 4.61. The molecule has 1 aromatic carbocycles. The predicted molar refractivity (Wildman–Crippen MR) is 76.2 cm³/mol. The fourth-order valence-electron chi connectivity index (χ4n) is 2.17. The average Bonchev–Trinajstić information content (AvgIpc) is 2.38. The molecule has 0 saturated carbocycles. The number of benzene rings is 1. The normalized spacial score (nSPS) is 20.3.